The summed E-state index contributed by atoms with van der Waals surface area (Å²) in [6.45, 7) is 2.06. The lowest BCUT2D eigenvalue weighted by Gasteiger charge is -2.26. The number of terminal acetylenes is 1. The van der Waals surface area contributed by atoms with E-state index < -0.39 is 0 Å². The van der Waals surface area contributed by atoms with Crippen LogP contribution in [0, 0.1) is 12.3 Å². The Kier molecular flexibility index (Phi) is 8.44. The van der Waals surface area contributed by atoms with E-state index in [0.717, 1.165) is 52.8 Å². The number of hydrogen-bond donors (Lipinski definition) is 0. The summed E-state index contributed by atoms with van der Waals surface area (Å²) in [6, 6.07) is 51.9. The van der Waals surface area contributed by atoms with Crippen LogP contribution in [0.2, 0.25) is 0 Å². The van der Waals surface area contributed by atoms with E-state index in [1.165, 1.54) is 55.1 Å². The minimum Gasteiger partial charge on any atom is -0.333 e. The molecule has 1 aliphatic heterocycles. The molecule has 3 atom stereocenters. The summed E-state index contributed by atoms with van der Waals surface area (Å²) in [6.07, 6.45) is 22.4. The van der Waals surface area contributed by atoms with Crippen LogP contribution in [0.5, 0.6) is 0 Å². The van der Waals surface area contributed by atoms with Crippen LogP contribution < -0.4 is 4.90 Å². The Bertz CT molecular complexity index is 3690. The van der Waals surface area contributed by atoms with E-state index in [2.05, 4.69) is 195 Å². The predicted molar refractivity (Wildman–Crippen MR) is 265 cm³/mol. The predicted octanol–water partition coefficient (Wildman–Crippen LogP) is 13.2. The highest BCUT2D eigenvalue weighted by molar-refractivity contribution is 6.10. The second kappa shape index (κ2) is 14.7. The highest BCUT2D eigenvalue weighted by Crippen LogP contribution is 2.50. The van der Waals surface area contributed by atoms with Crippen molar-refractivity contribution in [3.8, 4) is 46.6 Å². The number of para-hydroxylation sites is 4. The molecule has 6 aromatic carbocycles. The molecule has 2 aliphatic carbocycles. The topological polar surface area (TPSA) is 56.7 Å². The molecule has 10 aromatic rings. The van der Waals surface area contributed by atoms with Gasteiger partial charge in [0, 0.05) is 49.6 Å². The van der Waals surface area contributed by atoms with Gasteiger partial charge in [-0.25, -0.2) is 0 Å². The summed E-state index contributed by atoms with van der Waals surface area (Å²) in [4.78, 5) is 18.7. The normalized spacial score (nSPS) is 17.7. The van der Waals surface area contributed by atoms with Gasteiger partial charge in [0.25, 0.3) is 0 Å². The Hall–Kier alpha value is -8.21. The van der Waals surface area contributed by atoms with Crippen molar-refractivity contribution < 1.29 is 0 Å². The molecule has 13 rings (SSSR count). The number of nitrogens with zero attached hydrogens (tertiary/aromatic N) is 7. The van der Waals surface area contributed by atoms with Gasteiger partial charge in [-0.1, -0.05) is 146 Å². The maximum Gasteiger partial charge on any atom is 0.239 e. The SMILES string of the molecule is C#CC1c2cc3c4ccccc4n(C4C=CC=CC4)c3cc2N(c2nc(-c3ccccc3)nc(-n3c4c(c5ccccc53)-c3c(c5ccccc5n3-c3ccccc3)CC4)n2)C1/C=C\C. The minimum absolute atomic E-state index is 0.174. The van der Waals surface area contributed by atoms with Crippen molar-refractivity contribution in [3.05, 3.63) is 199 Å². The monoisotopic (exact) mass is 837 g/mol. The molecule has 0 amide bonds. The zero-order valence-electron chi connectivity index (χ0n) is 35.9. The standard InChI is InChI=1S/C58H43N7/c1-3-20-47-40(4-2)45-35-46-42-28-15-17-30-48(42)62(38-23-10-6-11-24-38)52(46)36-53(45)65(47)58-60-56(37-21-8-5-9-22-37)59-57(61-58)64-50-32-19-16-29-44(50)54-51(64)34-33-43-41-27-14-18-31-49(41)63(55(43)54)39-25-12-7-13-26-39/h2-3,5-23,25-32,35-36,38,40,47H,24,33-34H2,1H3/b20-3-. The first-order valence-electron chi connectivity index (χ1n) is 22.6. The molecular formula is C58H43N7. The minimum atomic E-state index is -0.246. The van der Waals surface area contributed by atoms with Crippen molar-refractivity contribution in [3.63, 3.8) is 0 Å². The van der Waals surface area contributed by atoms with Gasteiger partial charge in [0.2, 0.25) is 11.9 Å². The molecule has 3 unspecified atom stereocenters. The largest absolute Gasteiger partial charge is 0.333 e. The van der Waals surface area contributed by atoms with Crippen LogP contribution >= 0.6 is 0 Å². The third-order valence-corrected chi connectivity index (χ3v) is 13.8. The van der Waals surface area contributed by atoms with Gasteiger partial charge in [0.15, 0.2) is 5.82 Å². The molecule has 3 aliphatic rings. The Morgan fingerprint density at radius 1 is 0.646 bits per heavy atom. The van der Waals surface area contributed by atoms with Crippen molar-refractivity contribution >= 4 is 55.2 Å². The Balaban J connectivity index is 1.08. The van der Waals surface area contributed by atoms with Crippen LogP contribution in [0.25, 0.3) is 77.9 Å². The fourth-order valence-electron chi connectivity index (χ4n) is 11.2. The van der Waals surface area contributed by atoms with Crippen molar-refractivity contribution in [2.24, 2.45) is 0 Å². The summed E-state index contributed by atoms with van der Waals surface area (Å²) in [5.41, 5.74) is 13.8. The molecule has 4 aromatic heterocycles. The Morgan fingerprint density at radius 3 is 2.09 bits per heavy atom. The van der Waals surface area contributed by atoms with Crippen molar-refractivity contribution in [1.29, 1.82) is 0 Å². The first-order valence-corrected chi connectivity index (χ1v) is 22.6. The molecule has 310 valence electrons. The molecule has 0 spiro atoms. The van der Waals surface area contributed by atoms with Crippen LogP contribution in [0.4, 0.5) is 11.6 Å². The summed E-state index contributed by atoms with van der Waals surface area (Å²) in [5, 5.41) is 4.87. The molecule has 7 heteroatoms. The van der Waals surface area contributed by atoms with E-state index in [1.54, 1.807) is 0 Å². The van der Waals surface area contributed by atoms with Gasteiger partial charge in [-0.2, -0.15) is 15.0 Å². The second-order valence-electron chi connectivity index (χ2n) is 17.3. The maximum atomic E-state index is 6.58. The third kappa shape index (κ3) is 5.53. The molecule has 0 bridgehead atoms. The first kappa shape index (κ1) is 37.4. The third-order valence-electron chi connectivity index (χ3n) is 13.8. The van der Waals surface area contributed by atoms with Crippen molar-refractivity contribution in [2.75, 3.05) is 4.90 Å². The van der Waals surface area contributed by atoms with E-state index in [1.807, 2.05) is 18.2 Å². The zero-order chi connectivity index (χ0) is 43.2. The van der Waals surface area contributed by atoms with Gasteiger partial charge in [0.05, 0.1) is 45.9 Å². The highest BCUT2D eigenvalue weighted by atomic mass is 15.3. The lowest BCUT2D eigenvalue weighted by molar-refractivity contribution is 0.648. The Morgan fingerprint density at radius 2 is 1.34 bits per heavy atom. The number of hydrogen-bond acceptors (Lipinski definition) is 4. The van der Waals surface area contributed by atoms with Gasteiger partial charge < -0.3 is 14.0 Å². The summed E-state index contributed by atoms with van der Waals surface area (Å²) >= 11 is 0. The quantitative estimate of drug-likeness (QED) is 0.124. The van der Waals surface area contributed by atoms with Crippen molar-refractivity contribution in [2.45, 2.75) is 44.2 Å². The molecular weight excluding hydrogens is 795 g/mol. The summed E-state index contributed by atoms with van der Waals surface area (Å²) < 4.78 is 7.25. The molecule has 5 heterocycles. The van der Waals surface area contributed by atoms with Crippen LogP contribution in [0.3, 0.4) is 0 Å². The lowest BCUT2D eigenvalue weighted by atomic mass is 9.92. The van der Waals surface area contributed by atoms with E-state index in [-0.39, 0.29) is 18.0 Å². The molecule has 0 saturated heterocycles. The number of benzene rings is 6. The van der Waals surface area contributed by atoms with Crippen LogP contribution in [-0.2, 0) is 12.8 Å². The molecule has 0 fully saturated rings. The average molecular weight is 838 g/mol. The first-order chi connectivity index (χ1) is 32.2. The fraction of sp³-hybridized carbons (Fsp3) is 0.121. The molecule has 0 radical (unpaired) electrons. The van der Waals surface area contributed by atoms with E-state index in [4.69, 9.17) is 21.4 Å². The zero-order valence-corrected chi connectivity index (χ0v) is 35.9. The number of rotatable bonds is 6. The molecule has 0 N–H and O–H groups in total. The van der Waals surface area contributed by atoms with Crippen LogP contribution in [0.1, 0.15) is 42.1 Å². The lowest BCUT2D eigenvalue weighted by Crippen LogP contribution is -2.30. The highest BCUT2D eigenvalue weighted by Gasteiger charge is 2.40. The van der Waals surface area contributed by atoms with E-state index in [9.17, 15) is 0 Å². The van der Waals surface area contributed by atoms with Crippen LogP contribution in [0.15, 0.2) is 182 Å². The number of anilines is 2. The Labute approximate surface area is 377 Å². The van der Waals surface area contributed by atoms with Gasteiger partial charge in [-0.3, -0.25) is 4.57 Å². The van der Waals surface area contributed by atoms with Gasteiger partial charge in [0.1, 0.15) is 0 Å². The fourth-order valence-corrected chi connectivity index (χ4v) is 11.2. The number of aromatic nitrogens is 6. The number of aryl methyl sites for hydroxylation is 1. The van der Waals surface area contributed by atoms with Gasteiger partial charge in [-0.15, -0.1) is 6.42 Å². The van der Waals surface area contributed by atoms with Gasteiger partial charge >= 0.3 is 0 Å². The molecule has 0 saturated carbocycles. The van der Waals surface area contributed by atoms with Crippen molar-refractivity contribution in [1.82, 2.24) is 28.7 Å². The smallest absolute Gasteiger partial charge is 0.239 e. The molecule has 65 heavy (non-hydrogen) atoms. The van der Waals surface area contributed by atoms with Crippen LogP contribution in [-0.4, -0.2) is 34.7 Å². The van der Waals surface area contributed by atoms with E-state index >= 15 is 0 Å². The van der Waals surface area contributed by atoms with E-state index in [0.29, 0.717) is 17.7 Å². The number of allylic oxidation sites excluding steroid dienone is 5. The van der Waals surface area contributed by atoms with Gasteiger partial charge in [-0.05, 0) is 79.8 Å². The second-order valence-corrected chi connectivity index (χ2v) is 17.3. The summed E-state index contributed by atoms with van der Waals surface area (Å²) in [5.74, 6) is 4.72. The maximum absolute atomic E-state index is 6.58. The summed E-state index contributed by atoms with van der Waals surface area (Å²) in [7, 11) is 0. The number of fused-ring (bicyclic) bond motifs is 11. The average Bonchev–Trinajstić information content (AvgIpc) is 4.08. The molecule has 7 nitrogen and oxygen atoms in total.